The van der Waals surface area contributed by atoms with Gasteiger partial charge in [0.15, 0.2) is 0 Å². The second-order valence-electron chi connectivity index (χ2n) is 7.69. The van der Waals surface area contributed by atoms with Gasteiger partial charge in [0.05, 0.1) is 18.1 Å². The molecule has 4 aromatic rings. The second-order valence-corrected chi connectivity index (χ2v) is 7.69. The lowest BCUT2D eigenvalue weighted by Gasteiger charge is -2.27. The smallest absolute Gasteiger partial charge is 0.256 e. The molecule has 2 aromatic carbocycles. The highest BCUT2D eigenvalue weighted by Gasteiger charge is 2.27. The third-order valence-electron chi connectivity index (χ3n) is 5.93. The first kappa shape index (κ1) is 17.7. The Hall–Kier alpha value is -3.34. The number of piperidine rings is 1. The van der Waals surface area contributed by atoms with E-state index in [9.17, 15) is 4.79 Å². The molecule has 1 amide bonds. The number of H-pyrrole nitrogens is 1. The Labute approximate surface area is 170 Å². The highest BCUT2D eigenvalue weighted by molar-refractivity contribution is 6.07. The van der Waals surface area contributed by atoms with Crippen LogP contribution in [0.1, 0.15) is 35.3 Å². The second kappa shape index (κ2) is 7.24. The number of nitrogens with zero attached hydrogens (tertiary/aromatic N) is 3. The molecule has 0 radical (unpaired) electrons. The van der Waals surface area contributed by atoms with Gasteiger partial charge >= 0.3 is 0 Å². The van der Waals surface area contributed by atoms with Gasteiger partial charge in [-0.15, -0.1) is 0 Å². The summed E-state index contributed by atoms with van der Waals surface area (Å²) in [5, 5.41) is 2.33. The van der Waals surface area contributed by atoms with E-state index in [2.05, 4.69) is 52.6 Å². The topological polar surface area (TPSA) is 53.9 Å². The molecule has 1 saturated heterocycles. The van der Waals surface area contributed by atoms with Gasteiger partial charge in [-0.2, -0.15) is 0 Å². The van der Waals surface area contributed by atoms with Gasteiger partial charge in [-0.1, -0.05) is 42.5 Å². The molecule has 0 saturated carbocycles. The molecule has 146 valence electrons. The van der Waals surface area contributed by atoms with Crippen LogP contribution in [0.3, 0.4) is 0 Å². The number of hydrogen-bond donors (Lipinski definition) is 1. The number of aromatic nitrogens is 3. The average Bonchev–Trinajstić information content (AvgIpc) is 3.41. The number of carbonyl (C=O) groups excluding carboxylic acids is 1. The van der Waals surface area contributed by atoms with Crippen molar-refractivity contribution in [3.63, 3.8) is 0 Å². The minimum Gasteiger partial charge on any atom is -0.339 e. The standard InChI is InChI=1S/C24H24N4O/c1-17-23(24(29)27-12-5-2-6-13-27)21(15-28(17)22-14-25-16-26-22)20-11-7-9-18-8-3-4-10-19(18)20/h3-4,7-11,14-16H,2,5-6,12-13H2,1H3,(H,25,26). The normalized spacial score (nSPS) is 14.4. The number of hydrogen-bond acceptors (Lipinski definition) is 2. The van der Waals surface area contributed by atoms with Crippen molar-refractivity contribution in [1.82, 2.24) is 19.4 Å². The maximum atomic E-state index is 13.6. The Kier molecular flexibility index (Phi) is 4.43. The summed E-state index contributed by atoms with van der Waals surface area (Å²) in [6.45, 7) is 3.69. The molecule has 0 bridgehead atoms. The molecular weight excluding hydrogens is 360 g/mol. The van der Waals surface area contributed by atoms with Crippen LogP contribution in [-0.4, -0.2) is 38.4 Å². The van der Waals surface area contributed by atoms with Gasteiger partial charge in [0.2, 0.25) is 0 Å². The first-order chi connectivity index (χ1) is 14.2. The van der Waals surface area contributed by atoms with E-state index in [4.69, 9.17) is 0 Å². The predicted octanol–water partition coefficient (Wildman–Crippen LogP) is 4.96. The fraction of sp³-hybridized carbons (Fsp3) is 0.250. The van der Waals surface area contributed by atoms with Crippen LogP contribution in [0.25, 0.3) is 27.7 Å². The minimum absolute atomic E-state index is 0.128. The number of benzene rings is 2. The molecule has 1 fully saturated rings. The van der Waals surface area contributed by atoms with E-state index in [-0.39, 0.29) is 5.91 Å². The van der Waals surface area contributed by atoms with Crippen LogP contribution in [0.4, 0.5) is 0 Å². The summed E-state index contributed by atoms with van der Waals surface area (Å²) in [6.07, 6.45) is 8.88. The number of amides is 1. The zero-order valence-corrected chi connectivity index (χ0v) is 16.6. The number of aromatic amines is 1. The molecule has 5 nitrogen and oxygen atoms in total. The van der Waals surface area contributed by atoms with E-state index in [1.54, 1.807) is 12.5 Å². The Morgan fingerprint density at radius 1 is 1.00 bits per heavy atom. The molecule has 0 atom stereocenters. The van der Waals surface area contributed by atoms with Gasteiger partial charge < -0.3 is 14.5 Å². The molecular formula is C24H24N4O. The van der Waals surface area contributed by atoms with Crippen molar-refractivity contribution in [3.05, 3.63) is 72.4 Å². The van der Waals surface area contributed by atoms with E-state index < -0.39 is 0 Å². The number of fused-ring (bicyclic) bond motifs is 1. The fourth-order valence-corrected chi connectivity index (χ4v) is 4.43. The maximum absolute atomic E-state index is 13.6. The summed E-state index contributed by atoms with van der Waals surface area (Å²) in [5.41, 5.74) is 3.79. The van der Waals surface area contributed by atoms with E-state index in [0.717, 1.165) is 59.5 Å². The molecule has 3 heterocycles. The number of carbonyl (C=O) groups is 1. The molecule has 1 aliphatic heterocycles. The lowest BCUT2D eigenvalue weighted by atomic mass is 9.96. The van der Waals surface area contributed by atoms with Crippen LogP contribution in [0.15, 0.2) is 61.2 Å². The average molecular weight is 384 g/mol. The van der Waals surface area contributed by atoms with Gasteiger partial charge in [-0.25, -0.2) is 4.98 Å². The number of likely N-dealkylation sites (tertiary alicyclic amines) is 1. The summed E-state index contributed by atoms with van der Waals surface area (Å²) >= 11 is 0. The number of imidazole rings is 1. The van der Waals surface area contributed by atoms with Crippen molar-refractivity contribution in [1.29, 1.82) is 0 Å². The molecule has 2 aromatic heterocycles. The zero-order chi connectivity index (χ0) is 19.8. The first-order valence-electron chi connectivity index (χ1n) is 10.2. The molecule has 5 heteroatoms. The van der Waals surface area contributed by atoms with Crippen LogP contribution < -0.4 is 0 Å². The summed E-state index contributed by atoms with van der Waals surface area (Å²) in [5.74, 6) is 0.991. The van der Waals surface area contributed by atoms with Crippen molar-refractivity contribution in [2.45, 2.75) is 26.2 Å². The van der Waals surface area contributed by atoms with Gasteiger partial charge in [0.25, 0.3) is 5.91 Å². The van der Waals surface area contributed by atoms with E-state index in [1.165, 1.54) is 11.8 Å². The molecule has 0 spiro atoms. The van der Waals surface area contributed by atoms with Gasteiger partial charge in [-0.05, 0) is 42.5 Å². The summed E-state index contributed by atoms with van der Waals surface area (Å²) in [6, 6.07) is 14.6. The SMILES string of the molecule is Cc1c(C(=O)N2CCCCC2)c(-c2cccc3ccccc23)cn1-c1cnc[nH]1. The Balaban J connectivity index is 1.73. The monoisotopic (exact) mass is 384 g/mol. The zero-order valence-electron chi connectivity index (χ0n) is 16.6. The highest BCUT2D eigenvalue weighted by atomic mass is 16.2. The Morgan fingerprint density at radius 3 is 2.59 bits per heavy atom. The Bertz CT molecular complexity index is 1160. The lowest BCUT2D eigenvalue weighted by Crippen LogP contribution is -2.36. The van der Waals surface area contributed by atoms with Crippen molar-refractivity contribution in [3.8, 4) is 16.9 Å². The molecule has 0 unspecified atom stereocenters. The molecule has 1 N–H and O–H groups in total. The van der Waals surface area contributed by atoms with Crippen LogP contribution in [0, 0.1) is 6.92 Å². The van der Waals surface area contributed by atoms with Gasteiger partial charge in [-0.3, -0.25) is 4.79 Å². The molecule has 0 aliphatic carbocycles. The van der Waals surface area contributed by atoms with Crippen molar-refractivity contribution < 1.29 is 4.79 Å². The third kappa shape index (κ3) is 3.03. The predicted molar refractivity (Wildman–Crippen MR) is 115 cm³/mol. The Morgan fingerprint density at radius 2 is 1.79 bits per heavy atom. The number of rotatable bonds is 3. The molecule has 1 aliphatic rings. The van der Waals surface area contributed by atoms with Gasteiger partial charge in [0.1, 0.15) is 5.82 Å². The van der Waals surface area contributed by atoms with Crippen molar-refractivity contribution in [2.75, 3.05) is 13.1 Å². The first-order valence-corrected chi connectivity index (χ1v) is 10.2. The summed E-state index contributed by atoms with van der Waals surface area (Å²) in [4.78, 5) is 23.0. The highest BCUT2D eigenvalue weighted by Crippen LogP contribution is 2.35. The van der Waals surface area contributed by atoms with E-state index in [1.807, 2.05) is 22.5 Å². The van der Waals surface area contributed by atoms with Crippen molar-refractivity contribution in [2.24, 2.45) is 0 Å². The van der Waals surface area contributed by atoms with Crippen molar-refractivity contribution >= 4 is 16.7 Å². The quantitative estimate of drug-likeness (QED) is 0.543. The van der Waals surface area contributed by atoms with Gasteiger partial charge in [0, 0.05) is 30.5 Å². The summed E-state index contributed by atoms with van der Waals surface area (Å²) < 4.78 is 2.04. The largest absolute Gasteiger partial charge is 0.339 e. The fourth-order valence-electron chi connectivity index (χ4n) is 4.43. The maximum Gasteiger partial charge on any atom is 0.256 e. The van der Waals surface area contributed by atoms with E-state index in [0.29, 0.717) is 0 Å². The molecule has 5 rings (SSSR count). The van der Waals surface area contributed by atoms with E-state index >= 15 is 0 Å². The third-order valence-corrected chi connectivity index (χ3v) is 5.93. The van der Waals surface area contributed by atoms with Crippen LogP contribution in [0.5, 0.6) is 0 Å². The minimum atomic E-state index is 0.128. The van der Waals surface area contributed by atoms with Crippen LogP contribution >= 0.6 is 0 Å². The number of nitrogens with one attached hydrogen (secondary N) is 1. The summed E-state index contributed by atoms with van der Waals surface area (Å²) in [7, 11) is 0. The molecule has 29 heavy (non-hydrogen) atoms. The van der Waals surface area contributed by atoms with Crippen LogP contribution in [-0.2, 0) is 0 Å². The van der Waals surface area contributed by atoms with Crippen LogP contribution in [0.2, 0.25) is 0 Å². The lowest BCUT2D eigenvalue weighted by molar-refractivity contribution is 0.0724.